The Kier molecular flexibility index (Phi) is 3.85. The predicted octanol–water partition coefficient (Wildman–Crippen LogP) is 3.33. The highest BCUT2D eigenvalue weighted by atomic mass is 79.9. The molecule has 0 aliphatic carbocycles. The molecule has 1 heterocycles. The number of carbonyl (C=O) groups excluding carboxylic acids is 1. The van der Waals surface area contributed by atoms with Crippen molar-refractivity contribution in [2.45, 2.75) is 5.92 Å². The van der Waals surface area contributed by atoms with Crippen molar-refractivity contribution < 1.29 is 4.79 Å². The van der Waals surface area contributed by atoms with Crippen LogP contribution >= 0.6 is 15.9 Å². The molecular formula is C14H9BrN2O. The van der Waals surface area contributed by atoms with Crippen LogP contribution in [0.25, 0.3) is 0 Å². The third-order valence-electron chi connectivity index (χ3n) is 2.56. The summed E-state index contributed by atoms with van der Waals surface area (Å²) in [5.41, 5.74) is 1.20. The van der Waals surface area contributed by atoms with Crippen molar-refractivity contribution in [3.8, 4) is 6.07 Å². The second-order valence-electron chi connectivity index (χ2n) is 3.71. The van der Waals surface area contributed by atoms with Gasteiger partial charge in [0.15, 0.2) is 5.78 Å². The van der Waals surface area contributed by atoms with Gasteiger partial charge in [-0.1, -0.05) is 28.1 Å². The van der Waals surface area contributed by atoms with Crippen LogP contribution in [0.3, 0.4) is 0 Å². The van der Waals surface area contributed by atoms with E-state index in [1.807, 2.05) is 6.07 Å². The minimum absolute atomic E-state index is 0.198. The number of ketones is 1. The summed E-state index contributed by atoms with van der Waals surface area (Å²) in [7, 11) is 0. The molecule has 0 aliphatic heterocycles. The Hall–Kier alpha value is -1.99. The highest BCUT2D eigenvalue weighted by Gasteiger charge is 2.21. The second kappa shape index (κ2) is 5.56. The van der Waals surface area contributed by atoms with E-state index < -0.39 is 5.92 Å². The summed E-state index contributed by atoms with van der Waals surface area (Å²) >= 11 is 3.31. The normalized spacial score (nSPS) is 11.6. The fourth-order valence-corrected chi connectivity index (χ4v) is 1.89. The molecule has 0 N–H and O–H groups in total. The summed E-state index contributed by atoms with van der Waals surface area (Å²) < 4.78 is 0.900. The van der Waals surface area contributed by atoms with Crippen molar-refractivity contribution in [3.05, 3.63) is 64.4 Å². The molecule has 0 radical (unpaired) electrons. The molecule has 0 saturated heterocycles. The molecular weight excluding hydrogens is 292 g/mol. The number of rotatable bonds is 3. The number of hydrogen-bond donors (Lipinski definition) is 0. The first-order valence-corrected chi connectivity index (χ1v) is 6.11. The van der Waals surface area contributed by atoms with E-state index in [2.05, 4.69) is 20.9 Å². The molecule has 0 saturated carbocycles. The van der Waals surface area contributed by atoms with Crippen molar-refractivity contribution in [1.29, 1.82) is 5.26 Å². The zero-order valence-electron chi connectivity index (χ0n) is 9.38. The van der Waals surface area contributed by atoms with Crippen molar-refractivity contribution >= 4 is 21.7 Å². The minimum Gasteiger partial charge on any atom is -0.292 e. The van der Waals surface area contributed by atoms with Crippen LogP contribution in [0.1, 0.15) is 21.8 Å². The van der Waals surface area contributed by atoms with Gasteiger partial charge in [0, 0.05) is 22.4 Å². The van der Waals surface area contributed by atoms with Gasteiger partial charge in [-0.25, -0.2) is 0 Å². The monoisotopic (exact) mass is 300 g/mol. The fourth-order valence-electron chi connectivity index (χ4n) is 1.62. The lowest BCUT2D eigenvalue weighted by Gasteiger charge is -2.08. The lowest BCUT2D eigenvalue weighted by Crippen LogP contribution is -2.11. The first-order chi connectivity index (χ1) is 8.72. The summed E-state index contributed by atoms with van der Waals surface area (Å²) in [4.78, 5) is 16.1. The molecule has 0 spiro atoms. The molecule has 2 rings (SSSR count). The molecule has 3 nitrogen and oxygen atoms in total. The maximum absolute atomic E-state index is 12.2. The van der Waals surface area contributed by atoms with Crippen LogP contribution in [0.15, 0.2) is 53.3 Å². The highest BCUT2D eigenvalue weighted by molar-refractivity contribution is 9.10. The minimum atomic E-state index is -0.783. The number of hydrogen-bond acceptors (Lipinski definition) is 3. The lowest BCUT2D eigenvalue weighted by atomic mass is 9.93. The average molecular weight is 301 g/mol. The van der Waals surface area contributed by atoms with Crippen LogP contribution in [0.2, 0.25) is 0 Å². The van der Waals surface area contributed by atoms with E-state index in [4.69, 9.17) is 5.26 Å². The van der Waals surface area contributed by atoms with E-state index in [-0.39, 0.29) is 5.78 Å². The van der Waals surface area contributed by atoms with Crippen LogP contribution < -0.4 is 0 Å². The topological polar surface area (TPSA) is 53.8 Å². The molecule has 1 unspecified atom stereocenters. The number of Topliss-reactive ketones (excluding diaryl/α,β-unsaturated/α-hetero) is 1. The van der Waals surface area contributed by atoms with Gasteiger partial charge in [-0.15, -0.1) is 0 Å². The zero-order chi connectivity index (χ0) is 13.0. The first kappa shape index (κ1) is 12.5. The Morgan fingerprint density at radius 1 is 1.17 bits per heavy atom. The number of aromatic nitrogens is 1. The molecule has 2 aromatic rings. The third-order valence-corrected chi connectivity index (χ3v) is 3.09. The molecule has 88 valence electrons. The van der Waals surface area contributed by atoms with Gasteiger partial charge < -0.3 is 0 Å². The van der Waals surface area contributed by atoms with Gasteiger partial charge in [0.05, 0.1) is 6.07 Å². The Morgan fingerprint density at radius 3 is 2.33 bits per heavy atom. The Balaban J connectivity index is 2.32. The van der Waals surface area contributed by atoms with E-state index in [0.29, 0.717) is 11.1 Å². The van der Waals surface area contributed by atoms with E-state index in [0.717, 1.165) is 4.47 Å². The largest absolute Gasteiger partial charge is 0.292 e. The van der Waals surface area contributed by atoms with Crippen molar-refractivity contribution in [2.24, 2.45) is 0 Å². The molecule has 0 aliphatic rings. The van der Waals surface area contributed by atoms with Crippen molar-refractivity contribution in [2.75, 3.05) is 0 Å². The summed E-state index contributed by atoms with van der Waals surface area (Å²) in [5.74, 6) is -0.981. The smallest absolute Gasteiger partial charge is 0.184 e. The number of nitriles is 1. The summed E-state index contributed by atoms with van der Waals surface area (Å²) in [6.07, 6.45) is 3.16. The van der Waals surface area contributed by atoms with Gasteiger partial charge in [-0.05, 0) is 29.8 Å². The van der Waals surface area contributed by atoms with Crippen molar-refractivity contribution in [3.63, 3.8) is 0 Å². The molecule has 4 heteroatoms. The van der Waals surface area contributed by atoms with E-state index in [1.54, 1.807) is 48.8 Å². The Labute approximate surface area is 113 Å². The van der Waals surface area contributed by atoms with Gasteiger partial charge in [-0.3, -0.25) is 9.78 Å². The van der Waals surface area contributed by atoms with E-state index >= 15 is 0 Å². The molecule has 0 amide bonds. The standard InChI is InChI=1S/C14H9BrN2O/c15-12-3-1-11(2-4-12)14(18)13(9-16)10-5-7-17-8-6-10/h1-8,13H. The Bertz CT molecular complexity index is 587. The van der Waals surface area contributed by atoms with E-state index in [9.17, 15) is 4.79 Å². The quantitative estimate of drug-likeness (QED) is 0.817. The number of pyridine rings is 1. The van der Waals surface area contributed by atoms with E-state index in [1.165, 1.54) is 0 Å². The molecule has 0 bridgehead atoms. The van der Waals surface area contributed by atoms with Crippen LogP contribution in [0.4, 0.5) is 0 Å². The molecule has 1 aromatic heterocycles. The average Bonchev–Trinajstić information content (AvgIpc) is 2.41. The zero-order valence-corrected chi connectivity index (χ0v) is 11.0. The van der Waals surface area contributed by atoms with Crippen LogP contribution in [-0.4, -0.2) is 10.8 Å². The number of benzene rings is 1. The number of nitrogens with zero attached hydrogens (tertiary/aromatic N) is 2. The molecule has 1 atom stereocenters. The predicted molar refractivity (Wildman–Crippen MR) is 71.1 cm³/mol. The maximum atomic E-state index is 12.2. The first-order valence-electron chi connectivity index (χ1n) is 5.31. The van der Waals surface area contributed by atoms with Gasteiger partial charge in [0.1, 0.15) is 5.92 Å². The maximum Gasteiger partial charge on any atom is 0.184 e. The van der Waals surface area contributed by atoms with Gasteiger partial charge in [-0.2, -0.15) is 5.26 Å². The third kappa shape index (κ3) is 2.63. The van der Waals surface area contributed by atoms with Crippen LogP contribution in [0, 0.1) is 11.3 Å². The van der Waals surface area contributed by atoms with Gasteiger partial charge in [0.2, 0.25) is 0 Å². The summed E-state index contributed by atoms with van der Waals surface area (Å²) in [5, 5.41) is 9.17. The van der Waals surface area contributed by atoms with Gasteiger partial charge in [0.25, 0.3) is 0 Å². The Morgan fingerprint density at radius 2 is 1.78 bits per heavy atom. The SMILES string of the molecule is N#CC(C(=O)c1ccc(Br)cc1)c1ccncc1. The summed E-state index contributed by atoms with van der Waals surface area (Å²) in [6, 6.07) is 12.4. The van der Waals surface area contributed by atoms with Crippen LogP contribution in [0.5, 0.6) is 0 Å². The van der Waals surface area contributed by atoms with Gasteiger partial charge >= 0.3 is 0 Å². The number of halogens is 1. The second-order valence-corrected chi connectivity index (χ2v) is 4.63. The lowest BCUT2D eigenvalue weighted by molar-refractivity contribution is 0.0979. The molecule has 0 fully saturated rings. The highest BCUT2D eigenvalue weighted by Crippen LogP contribution is 2.21. The molecule has 1 aromatic carbocycles. The fraction of sp³-hybridized carbons (Fsp3) is 0.0714. The van der Waals surface area contributed by atoms with Crippen LogP contribution in [-0.2, 0) is 0 Å². The molecule has 18 heavy (non-hydrogen) atoms. The number of carbonyl (C=O) groups is 1. The summed E-state index contributed by atoms with van der Waals surface area (Å²) in [6.45, 7) is 0. The van der Waals surface area contributed by atoms with Crippen molar-refractivity contribution in [1.82, 2.24) is 4.98 Å².